The quantitative estimate of drug-likeness (QED) is 0.696. The topological polar surface area (TPSA) is 63.0 Å². The van der Waals surface area contributed by atoms with Gasteiger partial charge in [-0.05, 0) is 49.6 Å². The van der Waals surface area contributed by atoms with Gasteiger partial charge in [-0.3, -0.25) is 4.98 Å². The van der Waals surface area contributed by atoms with Crippen molar-refractivity contribution in [3.8, 4) is 5.69 Å². The van der Waals surface area contributed by atoms with Crippen molar-refractivity contribution in [3.05, 3.63) is 77.9 Å². The molecule has 5 nitrogen and oxygen atoms in total. The Labute approximate surface area is 166 Å². The third-order valence-corrected chi connectivity index (χ3v) is 5.34. The zero-order valence-corrected chi connectivity index (χ0v) is 15.8. The second-order valence-corrected chi connectivity index (χ2v) is 7.56. The normalized spacial score (nSPS) is 25.1. The minimum atomic E-state index is -4.40. The van der Waals surface area contributed by atoms with Gasteiger partial charge in [-0.1, -0.05) is 12.1 Å². The molecule has 2 N–H and O–H groups in total. The number of rotatable bonds is 3. The first kappa shape index (κ1) is 19.6. The molecule has 1 fully saturated rings. The second kappa shape index (κ2) is 7.27. The first-order chi connectivity index (χ1) is 13.7. The lowest BCUT2D eigenvalue weighted by molar-refractivity contribution is -0.137. The highest BCUT2D eigenvalue weighted by Crippen LogP contribution is 2.41. The summed E-state index contributed by atoms with van der Waals surface area (Å²) >= 11 is 0. The van der Waals surface area contributed by atoms with Crippen LogP contribution in [0.4, 0.5) is 13.2 Å². The lowest BCUT2D eigenvalue weighted by Crippen LogP contribution is -2.46. The molecule has 3 aromatic rings. The summed E-state index contributed by atoms with van der Waals surface area (Å²) in [6.45, 7) is 1.95. The molecular weight excluding hydrogens is 381 g/mol. The fourth-order valence-electron chi connectivity index (χ4n) is 3.96. The molecule has 1 unspecified atom stereocenters. The summed E-state index contributed by atoms with van der Waals surface area (Å²) in [5, 5.41) is 19.1. The van der Waals surface area contributed by atoms with E-state index in [-0.39, 0.29) is 12.1 Å². The highest BCUT2D eigenvalue weighted by Gasteiger charge is 2.40. The number of hydrogen-bond acceptors (Lipinski definition) is 4. The van der Waals surface area contributed by atoms with E-state index in [1.807, 2.05) is 25.3 Å². The van der Waals surface area contributed by atoms with E-state index < -0.39 is 17.3 Å². The average Bonchev–Trinajstić information content (AvgIpc) is 3.18. The smallest absolute Gasteiger partial charge is 0.385 e. The summed E-state index contributed by atoms with van der Waals surface area (Å²) in [6, 6.07) is 8.29. The number of halogens is 3. The van der Waals surface area contributed by atoms with Crippen molar-refractivity contribution >= 4 is 0 Å². The van der Waals surface area contributed by atoms with Crippen molar-refractivity contribution in [2.45, 2.75) is 43.6 Å². The van der Waals surface area contributed by atoms with E-state index in [2.05, 4.69) is 15.4 Å². The van der Waals surface area contributed by atoms with Gasteiger partial charge in [0, 0.05) is 30.0 Å². The van der Waals surface area contributed by atoms with Crippen LogP contribution in [0.5, 0.6) is 0 Å². The summed E-state index contributed by atoms with van der Waals surface area (Å²) in [5.74, 6) is 0. The average molecular weight is 402 g/mol. The third-order valence-electron chi connectivity index (χ3n) is 5.34. The van der Waals surface area contributed by atoms with Gasteiger partial charge in [0.2, 0.25) is 0 Å². The largest absolute Gasteiger partial charge is 0.416 e. The summed E-state index contributed by atoms with van der Waals surface area (Å²) in [6.07, 6.45) is 3.34. The number of hydrogen-bond donors (Lipinski definition) is 2. The van der Waals surface area contributed by atoms with Crippen molar-refractivity contribution in [1.82, 2.24) is 20.1 Å². The Morgan fingerprint density at radius 1 is 1.14 bits per heavy atom. The number of aromatic nitrogens is 3. The van der Waals surface area contributed by atoms with Crippen molar-refractivity contribution in [1.29, 1.82) is 0 Å². The lowest BCUT2D eigenvalue weighted by Gasteiger charge is -2.41. The van der Waals surface area contributed by atoms with Gasteiger partial charge in [-0.25, -0.2) is 4.68 Å². The maximum absolute atomic E-state index is 12.9. The van der Waals surface area contributed by atoms with Gasteiger partial charge in [-0.2, -0.15) is 18.3 Å². The van der Waals surface area contributed by atoms with Gasteiger partial charge in [0.05, 0.1) is 29.2 Å². The molecule has 1 aliphatic rings. The SMILES string of the molecule is C[C@H]1CC(O)(c2ccc(C(F)(F)F)cc2)C[C@@H](c2cnn(-c3cccnc3)c2)N1. The van der Waals surface area contributed by atoms with Gasteiger partial charge in [0.15, 0.2) is 0 Å². The molecule has 0 spiro atoms. The van der Waals surface area contributed by atoms with Gasteiger partial charge in [0.25, 0.3) is 0 Å². The first-order valence-corrected chi connectivity index (χ1v) is 9.36. The molecule has 1 saturated heterocycles. The second-order valence-electron chi connectivity index (χ2n) is 7.56. The molecule has 1 aliphatic heterocycles. The van der Waals surface area contributed by atoms with E-state index in [0.29, 0.717) is 18.4 Å². The van der Waals surface area contributed by atoms with E-state index in [4.69, 9.17) is 0 Å². The van der Waals surface area contributed by atoms with Crippen LogP contribution in [-0.2, 0) is 11.8 Å². The number of alkyl halides is 3. The summed E-state index contributed by atoms with van der Waals surface area (Å²) in [4.78, 5) is 4.09. The van der Waals surface area contributed by atoms with E-state index in [0.717, 1.165) is 23.4 Å². The van der Waals surface area contributed by atoms with Crippen LogP contribution in [0.1, 0.15) is 42.5 Å². The zero-order valence-electron chi connectivity index (χ0n) is 15.8. The Kier molecular flexibility index (Phi) is 4.92. The molecule has 0 aliphatic carbocycles. The Morgan fingerprint density at radius 3 is 2.55 bits per heavy atom. The maximum Gasteiger partial charge on any atom is 0.416 e. The number of aliphatic hydroxyl groups is 1. The van der Waals surface area contributed by atoms with Crippen LogP contribution in [0.15, 0.2) is 61.2 Å². The summed E-state index contributed by atoms with van der Waals surface area (Å²) in [7, 11) is 0. The minimum absolute atomic E-state index is 0.0252. The number of nitrogens with zero attached hydrogens (tertiary/aromatic N) is 3. The molecule has 0 amide bonds. The van der Waals surface area contributed by atoms with Gasteiger partial charge < -0.3 is 10.4 Å². The van der Waals surface area contributed by atoms with Crippen LogP contribution in [-0.4, -0.2) is 25.9 Å². The summed E-state index contributed by atoms with van der Waals surface area (Å²) in [5.41, 5.74) is 0.256. The molecule has 0 saturated carbocycles. The molecule has 152 valence electrons. The maximum atomic E-state index is 12.9. The Morgan fingerprint density at radius 2 is 1.90 bits per heavy atom. The van der Waals surface area contributed by atoms with Crippen molar-refractivity contribution < 1.29 is 18.3 Å². The molecular formula is C21H21F3N4O. The molecule has 8 heteroatoms. The standard InChI is InChI=1S/C21H21F3N4O/c1-14-9-20(29,16-4-6-17(7-5-16)21(22,23)24)10-19(27-14)15-11-26-28(13-15)18-3-2-8-25-12-18/h2-8,11-14,19,27,29H,9-10H2,1H3/t14-,19-,20?/m0/s1. The highest BCUT2D eigenvalue weighted by atomic mass is 19.4. The lowest BCUT2D eigenvalue weighted by atomic mass is 9.77. The molecule has 4 rings (SSSR count). The van der Waals surface area contributed by atoms with E-state index >= 15 is 0 Å². The van der Waals surface area contributed by atoms with Gasteiger partial charge in [-0.15, -0.1) is 0 Å². The van der Waals surface area contributed by atoms with Crippen LogP contribution in [0, 0.1) is 0 Å². The van der Waals surface area contributed by atoms with Crippen LogP contribution < -0.4 is 5.32 Å². The molecule has 1 aromatic carbocycles. The minimum Gasteiger partial charge on any atom is -0.385 e. The van der Waals surface area contributed by atoms with Crippen molar-refractivity contribution in [2.24, 2.45) is 0 Å². The highest BCUT2D eigenvalue weighted by molar-refractivity contribution is 5.32. The van der Waals surface area contributed by atoms with E-state index in [1.54, 1.807) is 23.3 Å². The van der Waals surface area contributed by atoms with Gasteiger partial charge in [0.1, 0.15) is 0 Å². The van der Waals surface area contributed by atoms with Crippen LogP contribution in [0.2, 0.25) is 0 Å². The molecule has 0 bridgehead atoms. The predicted molar refractivity (Wildman–Crippen MR) is 101 cm³/mol. The molecule has 29 heavy (non-hydrogen) atoms. The molecule has 2 aromatic heterocycles. The van der Waals surface area contributed by atoms with E-state index in [1.165, 1.54) is 12.1 Å². The number of piperidine rings is 1. The predicted octanol–water partition coefficient (Wildman–Crippen LogP) is 3.99. The van der Waals surface area contributed by atoms with Crippen LogP contribution >= 0.6 is 0 Å². The Balaban J connectivity index is 1.59. The molecule has 0 radical (unpaired) electrons. The molecule has 3 atom stereocenters. The van der Waals surface area contributed by atoms with Crippen molar-refractivity contribution in [3.63, 3.8) is 0 Å². The third kappa shape index (κ3) is 4.04. The van der Waals surface area contributed by atoms with Crippen molar-refractivity contribution in [2.75, 3.05) is 0 Å². The Bertz CT molecular complexity index is 972. The fourth-order valence-corrected chi connectivity index (χ4v) is 3.96. The zero-order chi connectivity index (χ0) is 20.6. The number of pyridine rings is 1. The first-order valence-electron chi connectivity index (χ1n) is 9.36. The van der Waals surface area contributed by atoms with Crippen LogP contribution in [0.3, 0.4) is 0 Å². The Hall–Kier alpha value is -2.71. The number of benzene rings is 1. The van der Waals surface area contributed by atoms with Gasteiger partial charge >= 0.3 is 6.18 Å². The molecule has 3 heterocycles. The van der Waals surface area contributed by atoms with Crippen LogP contribution in [0.25, 0.3) is 5.69 Å². The number of nitrogens with one attached hydrogen (secondary N) is 1. The summed E-state index contributed by atoms with van der Waals surface area (Å²) < 4.78 is 40.3. The fraction of sp³-hybridized carbons (Fsp3) is 0.333. The van der Waals surface area contributed by atoms with E-state index in [9.17, 15) is 18.3 Å². The monoisotopic (exact) mass is 402 g/mol.